The number of carboxylic acid groups (broad SMARTS) is 1. The second-order valence-corrected chi connectivity index (χ2v) is 5.05. The first-order chi connectivity index (χ1) is 8.49. The molecular formula is C12H22N2O4. The Kier molecular flexibility index (Phi) is 5.40. The number of amides is 2. The lowest BCUT2D eigenvalue weighted by molar-refractivity contribution is -0.140. The van der Waals surface area contributed by atoms with E-state index in [1.54, 1.807) is 14.0 Å². The van der Waals surface area contributed by atoms with E-state index in [1.807, 2.05) is 0 Å². The van der Waals surface area contributed by atoms with Crippen LogP contribution in [-0.2, 0) is 9.53 Å². The Morgan fingerprint density at radius 2 is 2.06 bits per heavy atom. The number of carbonyl (C=O) groups excluding carboxylic acids is 1. The first-order valence-electron chi connectivity index (χ1n) is 6.22. The molecule has 1 saturated carbocycles. The van der Waals surface area contributed by atoms with E-state index in [9.17, 15) is 9.59 Å². The summed E-state index contributed by atoms with van der Waals surface area (Å²) in [5.41, 5.74) is 0.200. The van der Waals surface area contributed by atoms with Crippen LogP contribution in [0.25, 0.3) is 0 Å². The van der Waals surface area contributed by atoms with Crippen molar-refractivity contribution < 1.29 is 19.4 Å². The monoisotopic (exact) mass is 258 g/mol. The fourth-order valence-electron chi connectivity index (χ4n) is 1.67. The summed E-state index contributed by atoms with van der Waals surface area (Å²) in [5.74, 6) is -1.48. The van der Waals surface area contributed by atoms with Gasteiger partial charge in [-0.1, -0.05) is 6.92 Å². The molecule has 0 aromatic rings. The molecule has 0 aromatic heterocycles. The van der Waals surface area contributed by atoms with Gasteiger partial charge >= 0.3 is 12.0 Å². The Balaban J connectivity index is 2.15. The maximum atomic E-state index is 11.5. The lowest BCUT2D eigenvalue weighted by atomic mass is 10.0. The Bertz CT molecular complexity index is 302. The highest BCUT2D eigenvalue weighted by Gasteiger charge is 2.42. The van der Waals surface area contributed by atoms with Crippen LogP contribution in [0.15, 0.2) is 0 Å². The van der Waals surface area contributed by atoms with Gasteiger partial charge in [-0.3, -0.25) is 4.79 Å². The molecule has 1 unspecified atom stereocenters. The first-order valence-corrected chi connectivity index (χ1v) is 6.22. The summed E-state index contributed by atoms with van der Waals surface area (Å²) in [6, 6.07) is -0.299. The zero-order chi connectivity index (χ0) is 13.6. The van der Waals surface area contributed by atoms with Crippen molar-refractivity contribution in [3.8, 4) is 0 Å². The summed E-state index contributed by atoms with van der Waals surface area (Å²) in [7, 11) is 1.67. The number of carboxylic acids is 1. The van der Waals surface area contributed by atoms with E-state index in [0.29, 0.717) is 13.2 Å². The highest BCUT2D eigenvalue weighted by molar-refractivity contribution is 5.75. The van der Waals surface area contributed by atoms with Gasteiger partial charge in [0.2, 0.25) is 0 Å². The molecule has 18 heavy (non-hydrogen) atoms. The van der Waals surface area contributed by atoms with Crippen molar-refractivity contribution in [3.63, 3.8) is 0 Å². The van der Waals surface area contributed by atoms with Gasteiger partial charge in [0, 0.05) is 26.8 Å². The van der Waals surface area contributed by atoms with E-state index in [0.717, 1.165) is 19.3 Å². The third-order valence-electron chi connectivity index (χ3n) is 3.41. The Hall–Kier alpha value is -1.30. The Morgan fingerprint density at radius 1 is 1.39 bits per heavy atom. The molecule has 6 heteroatoms. The van der Waals surface area contributed by atoms with Crippen LogP contribution >= 0.6 is 0 Å². The number of aliphatic carboxylic acids is 1. The number of nitrogens with one attached hydrogen (secondary N) is 2. The summed E-state index contributed by atoms with van der Waals surface area (Å²) in [6.45, 7) is 3.04. The zero-order valence-electron chi connectivity index (χ0n) is 11.0. The van der Waals surface area contributed by atoms with Gasteiger partial charge in [0.25, 0.3) is 0 Å². The minimum atomic E-state index is -0.908. The Morgan fingerprint density at radius 3 is 2.56 bits per heavy atom. The molecule has 1 aliphatic carbocycles. The highest BCUT2D eigenvalue weighted by Crippen LogP contribution is 2.48. The van der Waals surface area contributed by atoms with Crippen molar-refractivity contribution in [2.45, 2.75) is 26.2 Å². The molecule has 0 aliphatic heterocycles. The first kappa shape index (κ1) is 14.8. The van der Waals surface area contributed by atoms with Crippen molar-refractivity contribution in [2.75, 3.05) is 26.8 Å². The predicted molar refractivity (Wildman–Crippen MR) is 66.4 cm³/mol. The average Bonchev–Trinajstić information content (AvgIpc) is 3.11. The molecule has 0 bridgehead atoms. The largest absolute Gasteiger partial charge is 0.481 e. The fraction of sp³-hybridized carbons (Fsp3) is 0.833. The third kappa shape index (κ3) is 4.91. The van der Waals surface area contributed by atoms with Crippen LogP contribution in [0.5, 0.6) is 0 Å². The summed E-state index contributed by atoms with van der Waals surface area (Å²) in [4.78, 5) is 22.0. The molecule has 0 heterocycles. The van der Waals surface area contributed by atoms with Gasteiger partial charge in [-0.25, -0.2) is 4.79 Å². The molecule has 104 valence electrons. The highest BCUT2D eigenvalue weighted by atomic mass is 16.5. The quantitative estimate of drug-likeness (QED) is 0.601. The van der Waals surface area contributed by atoms with Crippen LogP contribution in [0.4, 0.5) is 4.79 Å². The molecule has 0 aromatic carbocycles. The van der Waals surface area contributed by atoms with Crippen LogP contribution in [0.2, 0.25) is 0 Å². The molecule has 1 aliphatic rings. The zero-order valence-corrected chi connectivity index (χ0v) is 11.0. The molecule has 0 radical (unpaired) electrons. The third-order valence-corrected chi connectivity index (χ3v) is 3.41. The molecule has 1 rings (SSSR count). The van der Waals surface area contributed by atoms with E-state index >= 15 is 0 Å². The van der Waals surface area contributed by atoms with Crippen molar-refractivity contribution >= 4 is 12.0 Å². The summed E-state index contributed by atoms with van der Waals surface area (Å²) in [5, 5.41) is 14.0. The second kappa shape index (κ2) is 6.58. The molecule has 1 fully saturated rings. The van der Waals surface area contributed by atoms with E-state index in [2.05, 4.69) is 10.6 Å². The molecule has 0 spiro atoms. The number of methoxy groups -OCH3 is 1. The van der Waals surface area contributed by atoms with Gasteiger partial charge < -0.3 is 20.5 Å². The average molecular weight is 258 g/mol. The van der Waals surface area contributed by atoms with Crippen LogP contribution in [0.1, 0.15) is 26.2 Å². The number of hydrogen-bond acceptors (Lipinski definition) is 3. The standard InChI is InChI=1S/C12H22N2O4/c1-9(10(15)16)7-13-11(17)14-8-12(3-4-12)5-6-18-2/h9H,3-8H2,1-2H3,(H,15,16)(H2,13,14,17). The Labute approximate surface area is 107 Å². The smallest absolute Gasteiger partial charge is 0.314 e. The maximum absolute atomic E-state index is 11.5. The molecule has 3 N–H and O–H groups in total. The van der Waals surface area contributed by atoms with E-state index in [4.69, 9.17) is 9.84 Å². The number of rotatable bonds is 8. The number of ether oxygens (including phenoxy) is 1. The van der Waals surface area contributed by atoms with Crippen LogP contribution in [0.3, 0.4) is 0 Å². The number of urea groups is 1. The minimum absolute atomic E-state index is 0.145. The van der Waals surface area contributed by atoms with Gasteiger partial charge in [0.15, 0.2) is 0 Å². The number of carbonyl (C=O) groups is 2. The SMILES string of the molecule is COCCC1(CNC(=O)NCC(C)C(=O)O)CC1. The maximum Gasteiger partial charge on any atom is 0.314 e. The van der Waals surface area contributed by atoms with Crippen LogP contribution in [-0.4, -0.2) is 43.9 Å². The van der Waals surface area contributed by atoms with Gasteiger partial charge in [-0.05, 0) is 24.7 Å². The second-order valence-electron chi connectivity index (χ2n) is 5.05. The molecule has 1 atom stereocenters. The van der Waals surface area contributed by atoms with Gasteiger partial charge in [0.05, 0.1) is 5.92 Å². The fourth-order valence-corrected chi connectivity index (χ4v) is 1.67. The summed E-state index contributed by atoms with van der Waals surface area (Å²) < 4.78 is 5.04. The van der Waals surface area contributed by atoms with E-state index in [1.165, 1.54) is 0 Å². The number of hydrogen-bond donors (Lipinski definition) is 3. The van der Waals surface area contributed by atoms with Gasteiger partial charge in [0.1, 0.15) is 0 Å². The minimum Gasteiger partial charge on any atom is -0.481 e. The lowest BCUT2D eigenvalue weighted by Crippen LogP contribution is -2.41. The van der Waals surface area contributed by atoms with Crippen molar-refractivity contribution in [1.29, 1.82) is 0 Å². The molecular weight excluding hydrogens is 236 g/mol. The molecule has 6 nitrogen and oxygen atoms in total. The molecule has 0 saturated heterocycles. The summed E-state index contributed by atoms with van der Waals surface area (Å²) >= 11 is 0. The topological polar surface area (TPSA) is 87.7 Å². The van der Waals surface area contributed by atoms with Crippen molar-refractivity contribution in [3.05, 3.63) is 0 Å². The predicted octanol–water partition coefficient (Wildman–Crippen LogP) is 0.823. The summed E-state index contributed by atoms with van der Waals surface area (Å²) in [6.07, 6.45) is 3.18. The van der Waals surface area contributed by atoms with Crippen molar-refractivity contribution in [1.82, 2.24) is 10.6 Å². The van der Waals surface area contributed by atoms with Crippen LogP contribution < -0.4 is 10.6 Å². The van der Waals surface area contributed by atoms with Crippen LogP contribution in [0, 0.1) is 11.3 Å². The lowest BCUT2D eigenvalue weighted by Gasteiger charge is -2.16. The molecule has 2 amide bonds. The van der Waals surface area contributed by atoms with Gasteiger partial charge in [-0.15, -0.1) is 0 Å². The van der Waals surface area contributed by atoms with Crippen molar-refractivity contribution in [2.24, 2.45) is 11.3 Å². The normalized spacial score (nSPS) is 17.9. The van der Waals surface area contributed by atoms with E-state index < -0.39 is 11.9 Å². The van der Waals surface area contributed by atoms with E-state index in [-0.39, 0.29) is 18.0 Å². The van der Waals surface area contributed by atoms with Gasteiger partial charge in [-0.2, -0.15) is 0 Å².